The summed E-state index contributed by atoms with van der Waals surface area (Å²) >= 11 is 0. The Bertz CT molecular complexity index is 540. The first-order valence-electron chi connectivity index (χ1n) is 5.97. The van der Waals surface area contributed by atoms with Crippen LogP contribution in [0.5, 0.6) is 0 Å². The van der Waals surface area contributed by atoms with Gasteiger partial charge >= 0.3 is 0 Å². The average molecular weight is 252 g/mol. The van der Waals surface area contributed by atoms with E-state index in [1.165, 1.54) is 0 Å². The van der Waals surface area contributed by atoms with Crippen molar-refractivity contribution in [3.63, 3.8) is 0 Å². The van der Waals surface area contributed by atoms with Gasteiger partial charge in [0, 0.05) is 7.05 Å². The van der Waals surface area contributed by atoms with E-state index in [1.807, 2.05) is 56.3 Å². The molecule has 0 bridgehead atoms. The van der Waals surface area contributed by atoms with Crippen molar-refractivity contribution in [3.05, 3.63) is 47.2 Å². The van der Waals surface area contributed by atoms with Crippen LogP contribution in [-0.2, 0) is 0 Å². The van der Waals surface area contributed by atoms with E-state index < -0.39 is 0 Å². The largest absolute Gasteiger partial charge is 0.270 e. The van der Waals surface area contributed by atoms with Gasteiger partial charge in [-0.3, -0.25) is 5.01 Å². The first-order valence-corrected chi connectivity index (χ1v) is 5.97. The van der Waals surface area contributed by atoms with Crippen LogP contribution in [0.15, 0.2) is 46.7 Å². The molecule has 0 saturated carbocycles. The number of hydrazone groups is 1. The summed E-state index contributed by atoms with van der Waals surface area (Å²) in [7, 11) is 1.74. The molecule has 1 aromatic carbocycles. The average Bonchev–Trinajstić information content (AvgIpc) is 2.42. The normalized spacial score (nSPS) is 10.0. The summed E-state index contributed by atoms with van der Waals surface area (Å²) in [5, 5.41) is 23.8. The number of rotatable bonds is 4. The molecule has 4 nitrogen and oxygen atoms in total. The van der Waals surface area contributed by atoms with Crippen LogP contribution in [0.2, 0.25) is 0 Å². The predicted molar refractivity (Wildman–Crippen MR) is 74.9 cm³/mol. The Morgan fingerprint density at radius 3 is 2.26 bits per heavy atom. The molecule has 0 amide bonds. The van der Waals surface area contributed by atoms with E-state index in [0.29, 0.717) is 5.70 Å². The summed E-state index contributed by atoms with van der Waals surface area (Å²) in [5.41, 5.74) is 1.69. The van der Waals surface area contributed by atoms with Crippen LogP contribution in [0.3, 0.4) is 0 Å². The van der Waals surface area contributed by atoms with Crippen molar-refractivity contribution in [2.75, 3.05) is 7.05 Å². The molecule has 19 heavy (non-hydrogen) atoms. The van der Waals surface area contributed by atoms with E-state index in [1.54, 1.807) is 18.3 Å². The lowest BCUT2D eigenvalue weighted by Crippen LogP contribution is -2.17. The standard InChI is InChI=1S/C15H16N4/c1-12(2)15(14(9-16)10-17)19(3)18-11-13-7-5-4-6-8-13/h4-8,11-12H,1-3H3/b18-11+. The highest BCUT2D eigenvalue weighted by molar-refractivity contribution is 5.79. The van der Waals surface area contributed by atoms with Crippen molar-refractivity contribution in [1.29, 1.82) is 10.5 Å². The molecule has 96 valence electrons. The fourth-order valence-corrected chi connectivity index (χ4v) is 1.72. The SMILES string of the molecule is CC(C)C(=C(C#N)C#N)N(C)/N=C/c1ccccc1. The Morgan fingerprint density at radius 1 is 1.21 bits per heavy atom. The molecule has 0 unspecified atom stereocenters. The van der Waals surface area contributed by atoms with Gasteiger partial charge in [-0.25, -0.2) is 0 Å². The molecule has 0 saturated heterocycles. The minimum absolute atomic E-state index is 0.0484. The van der Waals surface area contributed by atoms with E-state index in [-0.39, 0.29) is 11.5 Å². The molecule has 0 radical (unpaired) electrons. The van der Waals surface area contributed by atoms with Crippen LogP contribution in [0.25, 0.3) is 0 Å². The number of allylic oxidation sites excluding steroid dienone is 2. The highest BCUT2D eigenvalue weighted by atomic mass is 15.4. The van der Waals surface area contributed by atoms with Crippen molar-refractivity contribution >= 4 is 6.21 Å². The van der Waals surface area contributed by atoms with Crippen molar-refractivity contribution in [1.82, 2.24) is 5.01 Å². The Labute approximate surface area is 113 Å². The number of benzene rings is 1. The molecule has 0 aliphatic heterocycles. The lowest BCUT2D eigenvalue weighted by Gasteiger charge is -2.20. The zero-order chi connectivity index (χ0) is 14.3. The lowest BCUT2D eigenvalue weighted by molar-refractivity contribution is 0.395. The van der Waals surface area contributed by atoms with Gasteiger partial charge in [0.15, 0.2) is 5.57 Å². The quantitative estimate of drug-likeness (QED) is 0.470. The summed E-state index contributed by atoms with van der Waals surface area (Å²) in [6, 6.07) is 13.5. The first kappa shape index (κ1) is 14.5. The second-order valence-corrected chi connectivity index (χ2v) is 4.32. The number of hydrogen-bond donors (Lipinski definition) is 0. The minimum atomic E-state index is 0.0484. The van der Waals surface area contributed by atoms with Crippen LogP contribution in [0.1, 0.15) is 19.4 Å². The molecule has 0 heterocycles. The third-order valence-corrected chi connectivity index (χ3v) is 2.55. The molecule has 0 spiro atoms. The predicted octanol–water partition coefficient (Wildman–Crippen LogP) is 2.91. The minimum Gasteiger partial charge on any atom is -0.270 e. The van der Waals surface area contributed by atoms with Crippen molar-refractivity contribution in [2.45, 2.75) is 13.8 Å². The monoisotopic (exact) mass is 252 g/mol. The second kappa shape index (κ2) is 6.98. The zero-order valence-electron chi connectivity index (χ0n) is 11.3. The molecule has 0 aliphatic rings. The Morgan fingerprint density at radius 2 is 1.79 bits per heavy atom. The molecule has 0 aliphatic carbocycles. The summed E-state index contributed by atoms with van der Waals surface area (Å²) in [6.07, 6.45) is 1.70. The highest BCUT2D eigenvalue weighted by Gasteiger charge is 2.14. The van der Waals surface area contributed by atoms with Crippen molar-refractivity contribution in [3.8, 4) is 12.1 Å². The van der Waals surface area contributed by atoms with E-state index in [0.717, 1.165) is 5.56 Å². The third kappa shape index (κ3) is 3.97. The van der Waals surface area contributed by atoms with Gasteiger partial charge in [-0.2, -0.15) is 15.6 Å². The van der Waals surface area contributed by atoms with Crippen LogP contribution < -0.4 is 0 Å². The fourth-order valence-electron chi connectivity index (χ4n) is 1.72. The topological polar surface area (TPSA) is 63.2 Å². The molecule has 1 aromatic rings. The molecular weight excluding hydrogens is 236 g/mol. The molecule has 0 aromatic heterocycles. The number of hydrogen-bond acceptors (Lipinski definition) is 4. The molecule has 0 atom stereocenters. The molecule has 1 rings (SSSR count). The van der Waals surface area contributed by atoms with E-state index in [9.17, 15) is 0 Å². The first-order chi connectivity index (χ1) is 9.10. The maximum Gasteiger partial charge on any atom is 0.150 e. The van der Waals surface area contributed by atoms with Gasteiger partial charge in [-0.15, -0.1) is 0 Å². The zero-order valence-corrected chi connectivity index (χ0v) is 11.3. The van der Waals surface area contributed by atoms with Gasteiger partial charge < -0.3 is 0 Å². The number of nitrogens with zero attached hydrogens (tertiary/aromatic N) is 4. The Balaban J connectivity index is 3.02. The van der Waals surface area contributed by atoms with E-state index in [2.05, 4.69) is 5.10 Å². The van der Waals surface area contributed by atoms with Crippen molar-refractivity contribution in [2.24, 2.45) is 11.0 Å². The molecule has 4 heteroatoms. The van der Waals surface area contributed by atoms with Gasteiger partial charge in [-0.05, 0) is 11.5 Å². The molecule has 0 fully saturated rings. The maximum atomic E-state index is 8.97. The van der Waals surface area contributed by atoms with Gasteiger partial charge in [0.05, 0.1) is 11.9 Å². The lowest BCUT2D eigenvalue weighted by atomic mass is 10.1. The summed E-state index contributed by atoms with van der Waals surface area (Å²) in [6.45, 7) is 3.86. The second-order valence-electron chi connectivity index (χ2n) is 4.32. The van der Waals surface area contributed by atoms with Gasteiger partial charge in [0.2, 0.25) is 0 Å². The van der Waals surface area contributed by atoms with Crippen LogP contribution in [0.4, 0.5) is 0 Å². The summed E-state index contributed by atoms with van der Waals surface area (Å²) < 4.78 is 0. The van der Waals surface area contributed by atoms with Crippen LogP contribution in [0, 0.1) is 28.6 Å². The van der Waals surface area contributed by atoms with E-state index >= 15 is 0 Å². The van der Waals surface area contributed by atoms with Crippen LogP contribution >= 0.6 is 0 Å². The van der Waals surface area contributed by atoms with E-state index in [4.69, 9.17) is 10.5 Å². The molecular formula is C15H16N4. The smallest absolute Gasteiger partial charge is 0.150 e. The van der Waals surface area contributed by atoms with Gasteiger partial charge in [-0.1, -0.05) is 44.2 Å². The summed E-state index contributed by atoms with van der Waals surface area (Å²) in [5.74, 6) is 0.0484. The molecule has 0 N–H and O–H groups in total. The van der Waals surface area contributed by atoms with Crippen molar-refractivity contribution < 1.29 is 0 Å². The fraction of sp³-hybridized carbons (Fsp3) is 0.267. The Kier molecular flexibility index (Phi) is 5.32. The highest BCUT2D eigenvalue weighted by Crippen LogP contribution is 2.18. The third-order valence-electron chi connectivity index (χ3n) is 2.55. The van der Waals surface area contributed by atoms with Gasteiger partial charge in [0.25, 0.3) is 0 Å². The summed E-state index contributed by atoms with van der Waals surface area (Å²) in [4.78, 5) is 0. The number of nitriles is 2. The van der Waals surface area contributed by atoms with Crippen LogP contribution in [-0.4, -0.2) is 18.3 Å². The Hall–Kier alpha value is -2.59. The van der Waals surface area contributed by atoms with Gasteiger partial charge in [0.1, 0.15) is 12.1 Å². The maximum absolute atomic E-state index is 8.97.